The summed E-state index contributed by atoms with van der Waals surface area (Å²) in [5.41, 5.74) is 8.93. The average Bonchev–Trinajstić information content (AvgIpc) is 2.46. The molecule has 7 heteroatoms. The number of benzene rings is 1. The predicted octanol–water partition coefficient (Wildman–Crippen LogP) is 2.17. The van der Waals surface area contributed by atoms with Crippen LogP contribution < -0.4 is 14.8 Å². The van der Waals surface area contributed by atoms with Crippen molar-refractivity contribution < 1.29 is 9.47 Å². The Morgan fingerprint density at radius 1 is 1.42 bits per heavy atom. The number of methoxy groups -OCH3 is 2. The van der Waals surface area contributed by atoms with E-state index in [0.29, 0.717) is 24.6 Å². The van der Waals surface area contributed by atoms with Crippen LogP contribution in [0.1, 0.15) is 11.6 Å². The molecular formula is C12H15N5O2. The Hall–Kier alpha value is -2.42. The molecule has 0 aliphatic rings. The highest BCUT2D eigenvalue weighted by molar-refractivity contribution is 5.44. The molecule has 19 heavy (non-hydrogen) atoms. The number of nitrogens with one attached hydrogen (secondary N) is 1. The van der Waals surface area contributed by atoms with Crippen molar-refractivity contribution >= 4 is 0 Å². The summed E-state index contributed by atoms with van der Waals surface area (Å²) >= 11 is 0. The van der Waals surface area contributed by atoms with Gasteiger partial charge in [0, 0.05) is 18.0 Å². The van der Waals surface area contributed by atoms with Crippen LogP contribution in [0.3, 0.4) is 0 Å². The molecule has 0 heterocycles. The third kappa shape index (κ3) is 4.07. The number of nitriles is 1. The van der Waals surface area contributed by atoms with E-state index in [1.54, 1.807) is 25.3 Å². The second kappa shape index (κ2) is 7.82. The minimum absolute atomic E-state index is 0.294. The van der Waals surface area contributed by atoms with Crippen molar-refractivity contribution in [2.75, 3.05) is 27.3 Å². The Morgan fingerprint density at radius 2 is 2.16 bits per heavy atom. The molecule has 1 N–H and O–H groups in total. The monoisotopic (exact) mass is 261 g/mol. The molecule has 0 aromatic heterocycles. The van der Waals surface area contributed by atoms with E-state index in [-0.39, 0.29) is 0 Å². The smallest absolute Gasteiger partial charge is 0.161 e. The van der Waals surface area contributed by atoms with Gasteiger partial charge in [0.2, 0.25) is 0 Å². The lowest BCUT2D eigenvalue weighted by atomic mass is 10.1. The van der Waals surface area contributed by atoms with Crippen molar-refractivity contribution in [1.82, 2.24) is 5.32 Å². The molecule has 7 nitrogen and oxygen atoms in total. The summed E-state index contributed by atoms with van der Waals surface area (Å²) in [6.07, 6.45) is 0. The van der Waals surface area contributed by atoms with Gasteiger partial charge in [-0.25, -0.2) is 0 Å². The highest BCUT2D eigenvalue weighted by Crippen LogP contribution is 2.29. The van der Waals surface area contributed by atoms with Crippen molar-refractivity contribution in [3.63, 3.8) is 0 Å². The highest BCUT2D eigenvalue weighted by atomic mass is 16.5. The molecule has 0 aliphatic carbocycles. The first-order chi connectivity index (χ1) is 9.26. The maximum absolute atomic E-state index is 9.14. The fraction of sp³-hybridized carbons (Fsp3) is 0.417. The standard InChI is InChI=1S/C12H15N5O2/c1-18-11-4-3-9(7-12(11)19-2)10(8-13)15-5-6-16-17-14/h3-4,7,10,15H,5-6H2,1-2H3. The maximum Gasteiger partial charge on any atom is 0.161 e. The second-order valence-electron chi connectivity index (χ2n) is 3.59. The lowest BCUT2D eigenvalue weighted by Crippen LogP contribution is -2.22. The zero-order chi connectivity index (χ0) is 14.1. The van der Waals surface area contributed by atoms with E-state index in [1.807, 2.05) is 0 Å². The molecule has 0 amide bonds. The largest absolute Gasteiger partial charge is 0.493 e. The lowest BCUT2D eigenvalue weighted by Gasteiger charge is -2.14. The Morgan fingerprint density at radius 3 is 2.74 bits per heavy atom. The summed E-state index contributed by atoms with van der Waals surface area (Å²) in [5, 5.41) is 15.5. The summed E-state index contributed by atoms with van der Waals surface area (Å²) in [7, 11) is 3.09. The van der Waals surface area contributed by atoms with Crippen LogP contribution in [0.25, 0.3) is 10.4 Å². The van der Waals surface area contributed by atoms with Crippen LogP contribution >= 0.6 is 0 Å². The minimum Gasteiger partial charge on any atom is -0.493 e. The predicted molar refractivity (Wildman–Crippen MR) is 69.9 cm³/mol. The Balaban J connectivity index is 2.81. The van der Waals surface area contributed by atoms with Gasteiger partial charge in [-0.1, -0.05) is 11.2 Å². The molecule has 1 unspecified atom stereocenters. The third-order valence-corrected chi connectivity index (χ3v) is 2.49. The van der Waals surface area contributed by atoms with Gasteiger partial charge in [-0.05, 0) is 23.2 Å². The van der Waals surface area contributed by atoms with E-state index in [4.69, 9.17) is 20.3 Å². The Bertz CT molecular complexity index is 505. The number of rotatable bonds is 7. The summed E-state index contributed by atoms with van der Waals surface area (Å²) in [6, 6.07) is 6.92. The van der Waals surface area contributed by atoms with E-state index < -0.39 is 6.04 Å². The fourth-order valence-electron chi connectivity index (χ4n) is 1.57. The van der Waals surface area contributed by atoms with Gasteiger partial charge < -0.3 is 9.47 Å². The molecule has 1 aromatic rings. The minimum atomic E-state index is -0.492. The molecule has 1 aromatic carbocycles. The van der Waals surface area contributed by atoms with Crippen LogP contribution in [0.4, 0.5) is 0 Å². The van der Waals surface area contributed by atoms with Crippen molar-refractivity contribution in [3.05, 3.63) is 34.2 Å². The van der Waals surface area contributed by atoms with Crippen molar-refractivity contribution in [1.29, 1.82) is 5.26 Å². The average molecular weight is 261 g/mol. The molecule has 0 fully saturated rings. The Labute approximate surface area is 111 Å². The molecule has 1 rings (SSSR count). The normalized spacial score (nSPS) is 11.0. The van der Waals surface area contributed by atoms with E-state index in [2.05, 4.69) is 21.4 Å². The van der Waals surface area contributed by atoms with Crippen LogP contribution in [-0.2, 0) is 0 Å². The first-order valence-electron chi connectivity index (χ1n) is 5.62. The molecule has 100 valence electrons. The zero-order valence-corrected chi connectivity index (χ0v) is 10.8. The van der Waals surface area contributed by atoms with Crippen molar-refractivity contribution in [3.8, 4) is 17.6 Å². The van der Waals surface area contributed by atoms with Crippen molar-refractivity contribution in [2.45, 2.75) is 6.04 Å². The second-order valence-corrected chi connectivity index (χ2v) is 3.59. The molecule has 0 saturated carbocycles. The van der Waals surface area contributed by atoms with Crippen LogP contribution in [-0.4, -0.2) is 27.3 Å². The van der Waals surface area contributed by atoms with E-state index >= 15 is 0 Å². The fourth-order valence-corrected chi connectivity index (χ4v) is 1.57. The van der Waals surface area contributed by atoms with Gasteiger partial charge in [-0.2, -0.15) is 5.26 Å². The zero-order valence-electron chi connectivity index (χ0n) is 10.8. The van der Waals surface area contributed by atoms with E-state index in [0.717, 1.165) is 5.56 Å². The molecule has 1 atom stereocenters. The Kier molecular flexibility index (Phi) is 6.03. The summed E-state index contributed by atoms with van der Waals surface area (Å²) < 4.78 is 10.3. The van der Waals surface area contributed by atoms with E-state index in [9.17, 15) is 0 Å². The van der Waals surface area contributed by atoms with Crippen LogP contribution in [0, 0.1) is 11.3 Å². The molecular weight excluding hydrogens is 246 g/mol. The lowest BCUT2D eigenvalue weighted by molar-refractivity contribution is 0.354. The topological polar surface area (TPSA) is 103 Å². The number of nitrogens with zero attached hydrogens (tertiary/aromatic N) is 4. The van der Waals surface area contributed by atoms with Gasteiger partial charge in [0.25, 0.3) is 0 Å². The molecule has 0 saturated heterocycles. The molecule has 0 radical (unpaired) electrons. The summed E-state index contributed by atoms with van der Waals surface area (Å²) in [4.78, 5) is 2.65. The van der Waals surface area contributed by atoms with Crippen LogP contribution in [0.15, 0.2) is 23.3 Å². The van der Waals surface area contributed by atoms with Gasteiger partial charge in [-0.3, -0.25) is 5.32 Å². The highest BCUT2D eigenvalue weighted by Gasteiger charge is 2.12. The van der Waals surface area contributed by atoms with E-state index in [1.165, 1.54) is 7.11 Å². The van der Waals surface area contributed by atoms with Gasteiger partial charge in [0.05, 0.1) is 20.3 Å². The SMILES string of the molecule is COc1ccc(C(C#N)NCCN=[N+]=[N-])cc1OC. The third-order valence-electron chi connectivity index (χ3n) is 2.49. The summed E-state index contributed by atoms with van der Waals surface area (Å²) in [6.45, 7) is 0.721. The number of azide groups is 1. The number of hydrogen-bond acceptors (Lipinski definition) is 5. The van der Waals surface area contributed by atoms with Gasteiger partial charge in [0.1, 0.15) is 6.04 Å². The number of ether oxygens (including phenoxy) is 2. The first-order valence-corrected chi connectivity index (χ1v) is 5.62. The maximum atomic E-state index is 9.14. The quantitative estimate of drug-likeness (QED) is 0.351. The molecule has 0 aliphatic heterocycles. The first kappa shape index (κ1) is 14.6. The van der Waals surface area contributed by atoms with Gasteiger partial charge in [-0.15, -0.1) is 0 Å². The molecule has 0 bridgehead atoms. The van der Waals surface area contributed by atoms with Gasteiger partial charge in [0.15, 0.2) is 11.5 Å². The molecule has 0 spiro atoms. The van der Waals surface area contributed by atoms with Crippen LogP contribution in [0.5, 0.6) is 11.5 Å². The summed E-state index contributed by atoms with van der Waals surface area (Å²) in [5.74, 6) is 1.18. The van der Waals surface area contributed by atoms with Gasteiger partial charge >= 0.3 is 0 Å². The van der Waals surface area contributed by atoms with Crippen molar-refractivity contribution in [2.24, 2.45) is 5.11 Å². The number of hydrogen-bond donors (Lipinski definition) is 1. The van der Waals surface area contributed by atoms with Crippen LogP contribution in [0.2, 0.25) is 0 Å².